The summed E-state index contributed by atoms with van der Waals surface area (Å²) >= 11 is 1.59. The van der Waals surface area contributed by atoms with Crippen LogP contribution >= 0.6 is 11.8 Å². The molecule has 0 radical (unpaired) electrons. The molecule has 168 valence electrons. The Balaban J connectivity index is 1.38. The molecule has 2 aromatic carbocycles. The van der Waals surface area contributed by atoms with Crippen molar-refractivity contribution < 1.29 is 19.1 Å². The van der Waals surface area contributed by atoms with Crippen LogP contribution in [0.25, 0.3) is 0 Å². The highest BCUT2D eigenvalue weighted by molar-refractivity contribution is 7.99. The molecule has 4 rings (SSSR count). The third-order valence-corrected chi connectivity index (χ3v) is 6.99. The molecule has 0 spiro atoms. The Hall–Kier alpha value is -3.00. The van der Waals surface area contributed by atoms with Gasteiger partial charge in [0.05, 0.1) is 13.0 Å². The SMILES string of the molecule is COc1cc(C(=O)N2CCN(C(=O)[C@@H]3CSCN3C(=O)c3ccccc3)CC2)ccc1C. The largest absolute Gasteiger partial charge is 0.496 e. The second-order valence-corrected chi connectivity index (χ2v) is 8.96. The van der Waals surface area contributed by atoms with Gasteiger partial charge in [-0.05, 0) is 36.8 Å². The van der Waals surface area contributed by atoms with Gasteiger partial charge in [-0.2, -0.15) is 0 Å². The molecule has 2 fully saturated rings. The number of nitrogens with zero attached hydrogens (tertiary/aromatic N) is 3. The monoisotopic (exact) mass is 453 g/mol. The normalized spacial score (nSPS) is 18.6. The lowest BCUT2D eigenvalue weighted by Crippen LogP contribution is -2.56. The van der Waals surface area contributed by atoms with Crippen LogP contribution in [-0.4, -0.2) is 83.4 Å². The number of methoxy groups -OCH3 is 1. The molecule has 2 aliphatic heterocycles. The summed E-state index contributed by atoms with van der Waals surface area (Å²) in [6, 6.07) is 14.1. The van der Waals surface area contributed by atoms with E-state index < -0.39 is 6.04 Å². The van der Waals surface area contributed by atoms with Crippen LogP contribution in [-0.2, 0) is 4.79 Å². The predicted molar refractivity (Wildman–Crippen MR) is 124 cm³/mol. The van der Waals surface area contributed by atoms with Gasteiger partial charge in [-0.15, -0.1) is 11.8 Å². The molecule has 2 heterocycles. The van der Waals surface area contributed by atoms with E-state index in [1.165, 1.54) is 0 Å². The highest BCUT2D eigenvalue weighted by atomic mass is 32.2. The van der Waals surface area contributed by atoms with Crippen molar-refractivity contribution in [2.45, 2.75) is 13.0 Å². The zero-order valence-electron chi connectivity index (χ0n) is 18.3. The fraction of sp³-hybridized carbons (Fsp3) is 0.375. The van der Waals surface area contributed by atoms with Gasteiger partial charge < -0.3 is 19.4 Å². The standard InChI is InChI=1S/C24H27N3O4S/c1-17-8-9-19(14-21(17)31-2)22(28)25-10-12-26(13-11-25)24(30)20-15-32-16-27(20)23(29)18-6-4-3-5-7-18/h3-9,14,20H,10-13,15-16H2,1-2H3/t20-/m0/s1. The lowest BCUT2D eigenvalue weighted by atomic mass is 10.1. The Labute approximate surface area is 192 Å². The van der Waals surface area contributed by atoms with Gasteiger partial charge in [0.15, 0.2) is 0 Å². The molecule has 0 aliphatic carbocycles. The average Bonchev–Trinajstić information content (AvgIpc) is 3.33. The van der Waals surface area contributed by atoms with Crippen molar-refractivity contribution in [3.05, 3.63) is 65.2 Å². The first kappa shape index (κ1) is 22.2. The average molecular weight is 454 g/mol. The van der Waals surface area contributed by atoms with Gasteiger partial charge in [0.25, 0.3) is 11.8 Å². The van der Waals surface area contributed by atoms with Crippen molar-refractivity contribution >= 4 is 29.5 Å². The van der Waals surface area contributed by atoms with Crippen molar-refractivity contribution in [2.75, 3.05) is 44.9 Å². The van der Waals surface area contributed by atoms with Crippen molar-refractivity contribution in [3.63, 3.8) is 0 Å². The molecule has 0 saturated carbocycles. The molecule has 2 aliphatic rings. The summed E-state index contributed by atoms with van der Waals surface area (Å²) in [5, 5.41) is 0. The highest BCUT2D eigenvalue weighted by Gasteiger charge is 2.38. The molecular formula is C24H27N3O4S. The maximum atomic E-state index is 13.2. The van der Waals surface area contributed by atoms with Gasteiger partial charge in [0.1, 0.15) is 11.8 Å². The second-order valence-electron chi connectivity index (χ2n) is 7.96. The van der Waals surface area contributed by atoms with Gasteiger partial charge in [-0.1, -0.05) is 24.3 Å². The van der Waals surface area contributed by atoms with Crippen LogP contribution in [0, 0.1) is 6.92 Å². The van der Waals surface area contributed by atoms with E-state index in [4.69, 9.17) is 4.74 Å². The molecule has 8 heteroatoms. The van der Waals surface area contributed by atoms with Gasteiger partial charge in [-0.3, -0.25) is 14.4 Å². The number of piperazine rings is 1. The number of carbonyl (C=O) groups excluding carboxylic acids is 3. The van der Waals surface area contributed by atoms with Crippen LogP contribution in [0.15, 0.2) is 48.5 Å². The number of amides is 3. The Morgan fingerprint density at radius 1 is 0.906 bits per heavy atom. The highest BCUT2D eigenvalue weighted by Crippen LogP contribution is 2.25. The maximum absolute atomic E-state index is 13.2. The Morgan fingerprint density at radius 3 is 2.28 bits per heavy atom. The summed E-state index contributed by atoms with van der Waals surface area (Å²) in [7, 11) is 1.59. The number of aryl methyl sites for hydroxylation is 1. The van der Waals surface area contributed by atoms with Gasteiger partial charge in [0.2, 0.25) is 5.91 Å². The third kappa shape index (κ3) is 4.46. The number of benzene rings is 2. The first-order valence-corrected chi connectivity index (χ1v) is 11.8. The van der Waals surface area contributed by atoms with Gasteiger partial charge >= 0.3 is 0 Å². The van der Waals surface area contributed by atoms with Crippen LogP contribution in [0.4, 0.5) is 0 Å². The molecule has 0 bridgehead atoms. The second kappa shape index (κ2) is 9.65. The van der Waals surface area contributed by atoms with E-state index in [0.29, 0.717) is 54.7 Å². The number of rotatable bonds is 4. The Kier molecular flexibility index (Phi) is 6.69. The molecule has 7 nitrogen and oxygen atoms in total. The first-order chi connectivity index (χ1) is 15.5. The summed E-state index contributed by atoms with van der Waals surface area (Å²) in [5.41, 5.74) is 2.15. The van der Waals surface area contributed by atoms with Crippen LogP contribution in [0.3, 0.4) is 0 Å². The van der Waals surface area contributed by atoms with Crippen molar-refractivity contribution in [2.24, 2.45) is 0 Å². The molecular weight excluding hydrogens is 426 g/mol. The van der Waals surface area contributed by atoms with Gasteiger partial charge in [-0.25, -0.2) is 0 Å². The van der Waals surface area contributed by atoms with E-state index in [1.54, 1.807) is 57.8 Å². The predicted octanol–water partition coefficient (Wildman–Crippen LogP) is 2.50. The van der Waals surface area contributed by atoms with E-state index in [9.17, 15) is 14.4 Å². The fourth-order valence-electron chi connectivity index (χ4n) is 4.07. The number of hydrogen-bond acceptors (Lipinski definition) is 5. The summed E-state index contributed by atoms with van der Waals surface area (Å²) in [6.45, 7) is 3.79. The van der Waals surface area contributed by atoms with E-state index in [-0.39, 0.29) is 17.7 Å². The molecule has 2 saturated heterocycles. The van der Waals surface area contributed by atoms with Crippen LogP contribution in [0.1, 0.15) is 26.3 Å². The van der Waals surface area contributed by atoms with E-state index in [2.05, 4.69) is 0 Å². The molecule has 2 aromatic rings. The molecule has 1 atom stereocenters. The summed E-state index contributed by atoms with van der Waals surface area (Å²) in [6.07, 6.45) is 0. The van der Waals surface area contributed by atoms with E-state index in [1.807, 2.05) is 31.2 Å². The first-order valence-electron chi connectivity index (χ1n) is 10.7. The van der Waals surface area contributed by atoms with Gasteiger partial charge in [0, 0.05) is 43.1 Å². The Bertz CT molecular complexity index is 1010. The summed E-state index contributed by atoms with van der Waals surface area (Å²) in [5.74, 6) is 1.58. The van der Waals surface area contributed by atoms with E-state index >= 15 is 0 Å². The molecule has 3 amide bonds. The zero-order chi connectivity index (χ0) is 22.7. The maximum Gasteiger partial charge on any atom is 0.255 e. The lowest BCUT2D eigenvalue weighted by Gasteiger charge is -2.37. The summed E-state index contributed by atoms with van der Waals surface area (Å²) in [4.78, 5) is 44.2. The van der Waals surface area contributed by atoms with Crippen molar-refractivity contribution in [1.29, 1.82) is 0 Å². The van der Waals surface area contributed by atoms with Crippen LogP contribution in [0.5, 0.6) is 5.75 Å². The van der Waals surface area contributed by atoms with E-state index in [0.717, 1.165) is 5.56 Å². The molecule has 0 unspecified atom stereocenters. The quantitative estimate of drug-likeness (QED) is 0.712. The number of ether oxygens (including phenoxy) is 1. The smallest absolute Gasteiger partial charge is 0.255 e. The minimum Gasteiger partial charge on any atom is -0.496 e. The summed E-state index contributed by atoms with van der Waals surface area (Å²) < 4.78 is 5.33. The van der Waals surface area contributed by atoms with Crippen LogP contribution < -0.4 is 4.74 Å². The Morgan fingerprint density at radius 2 is 1.59 bits per heavy atom. The number of thioether (sulfide) groups is 1. The zero-order valence-corrected chi connectivity index (χ0v) is 19.1. The third-order valence-electron chi connectivity index (χ3n) is 5.98. The fourth-order valence-corrected chi connectivity index (χ4v) is 5.22. The minimum absolute atomic E-state index is 0.0385. The molecule has 32 heavy (non-hydrogen) atoms. The van der Waals surface area contributed by atoms with Crippen molar-refractivity contribution in [3.8, 4) is 5.75 Å². The van der Waals surface area contributed by atoms with Crippen LogP contribution in [0.2, 0.25) is 0 Å². The number of carbonyl (C=O) groups is 3. The molecule has 0 N–H and O–H groups in total. The number of hydrogen-bond donors (Lipinski definition) is 0. The molecule has 0 aromatic heterocycles. The topological polar surface area (TPSA) is 70.2 Å². The minimum atomic E-state index is -0.462. The lowest BCUT2D eigenvalue weighted by molar-refractivity contribution is -0.136. The van der Waals surface area contributed by atoms with Crippen molar-refractivity contribution in [1.82, 2.24) is 14.7 Å².